The van der Waals surface area contributed by atoms with E-state index in [0.29, 0.717) is 10.6 Å². The average Bonchev–Trinajstić information content (AvgIpc) is 2.99. The van der Waals surface area contributed by atoms with E-state index in [1.165, 1.54) is 0 Å². The molecule has 0 aliphatic carbocycles. The molecule has 0 unspecified atom stereocenters. The number of amidine groups is 1. The van der Waals surface area contributed by atoms with Crippen LogP contribution in [0.15, 0.2) is 42.5 Å². The fraction of sp³-hybridized carbons (Fsp3) is 0.238. The second-order valence-electron chi connectivity index (χ2n) is 6.86. The maximum Gasteiger partial charge on any atom is 0.236 e. The van der Waals surface area contributed by atoms with E-state index in [4.69, 9.17) is 10.1 Å². The first-order valence-corrected chi connectivity index (χ1v) is 9.77. The molecule has 3 aromatic rings. The predicted molar refractivity (Wildman–Crippen MR) is 115 cm³/mol. The molecule has 3 rings (SSSR count). The fourth-order valence-corrected chi connectivity index (χ4v) is 3.49. The monoisotopic (exact) mass is 396 g/mol. The Hall–Kier alpha value is -3.06. The molecule has 7 heteroatoms. The van der Waals surface area contributed by atoms with Crippen LogP contribution in [0.3, 0.4) is 0 Å². The maximum absolute atomic E-state index is 10.0. The number of hydrogen-bond donors (Lipinski definition) is 4. The van der Waals surface area contributed by atoms with E-state index < -0.39 is 0 Å². The molecule has 0 aliphatic heterocycles. The van der Waals surface area contributed by atoms with Gasteiger partial charge in [0.05, 0.1) is 0 Å². The molecule has 0 atom stereocenters. The van der Waals surface area contributed by atoms with Crippen molar-refractivity contribution in [2.45, 2.75) is 33.7 Å². The van der Waals surface area contributed by atoms with E-state index in [0.717, 1.165) is 39.8 Å². The van der Waals surface area contributed by atoms with Gasteiger partial charge in [0.25, 0.3) is 0 Å². The molecule has 4 N–H and O–H groups in total. The minimum atomic E-state index is -0.152. The van der Waals surface area contributed by atoms with Crippen LogP contribution in [0, 0.1) is 19.3 Å². The molecule has 1 aromatic heterocycles. The van der Waals surface area contributed by atoms with Gasteiger partial charge in [0, 0.05) is 11.7 Å². The normalized spacial score (nSPS) is 10.8. The number of anilines is 2. The van der Waals surface area contributed by atoms with Gasteiger partial charge in [-0.3, -0.25) is 5.41 Å². The number of rotatable bonds is 6. The number of nitrogens with zero attached hydrogens (tertiary/aromatic N) is 1. The van der Waals surface area contributed by atoms with Crippen LogP contribution in [0.1, 0.15) is 30.5 Å². The first-order valence-electron chi connectivity index (χ1n) is 9.00. The first-order chi connectivity index (χ1) is 13.3. The van der Waals surface area contributed by atoms with Gasteiger partial charge < -0.3 is 20.5 Å². The summed E-state index contributed by atoms with van der Waals surface area (Å²) in [5.41, 5.74) is 3.36. The van der Waals surface area contributed by atoms with E-state index in [1.54, 1.807) is 0 Å². The Kier molecular flexibility index (Phi) is 5.84. The summed E-state index contributed by atoms with van der Waals surface area (Å²) in [7, 11) is 0. The summed E-state index contributed by atoms with van der Waals surface area (Å²) < 4.78 is 10.00. The summed E-state index contributed by atoms with van der Waals surface area (Å²) in [5, 5.41) is 25.0. The van der Waals surface area contributed by atoms with Gasteiger partial charge in [-0.1, -0.05) is 18.2 Å². The Morgan fingerprint density at radius 3 is 2.36 bits per heavy atom. The Labute approximate surface area is 168 Å². The number of hydrogen-bond acceptors (Lipinski definition) is 6. The van der Waals surface area contributed by atoms with E-state index in [9.17, 15) is 5.11 Å². The summed E-state index contributed by atoms with van der Waals surface area (Å²) in [6, 6.07) is 13.7. The smallest absolute Gasteiger partial charge is 0.236 e. The second-order valence-corrected chi connectivity index (χ2v) is 7.63. The third kappa shape index (κ3) is 4.43. The zero-order valence-electron chi connectivity index (χ0n) is 16.3. The van der Waals surface area contributed by atoms with Crippen LogP contribution in [0.2, 0.25) is 0 Å². The van der Waals surface area contributed by atoms with Crippen LogP contribution in [0.5, 0.6) is 17.4 Å². The van der Waals surface area contributed by atoms with E-state index >= 15 is 0 Å². The van der Waals surface area contributed by atoms with Gasteiger partial charge in [0.2, 0.25) is 5.88 Å². The molecule has 0 saturated carbocycles. The van der Waals surface area contributed by atoms with Gasteiger partial charge >= 0.3 is 0 Å². The van der Waals surface area contributed by atoms with Crippen LogP contribution < -0.4 is 15.4 Å². The molecule has 6 nitrogen and oxygen atoms in total. The maximum atomic E-state index is 10.0. The SMILES string of the molecule is Cc1cccc(C)c1Oc1ccc(Nc2snc(O)c2C(=N)NC(C)C)cc1. The summed E-state index contributed by atoms with van der Waals surface area (Å²) >= 11 is 1.11. The highest BCUT2D eigenvalue weighted by Crippen LogP contribution is 2.33. The number of nitrogens with one attached hydrogen (secondary N) is 3. The standard InChI is InChI=1S/C21H24N4O2S/c1-12(2)23-19(22)17-20(26)25-28-21(17)24-15-8-10-16(11-9-15)27-18-13(3)6-5-7-14(18)4/h5-12,24H,1-4H3,(H2,22,23)(H,25,26). The van der Waals surface area contributed by atoms with Crippen molar-refractivity contribution in [3.63, 3.8) is 0 Å². The van der Waals surface area contributed by atoms with Crippen molar-refractivity contribution in [1.29, 1.82) is 5.41 Å². The molecule has 2 aromatic carbocycles. The molecule has 0 fully saturated rings. The minimum absolute atomic E-state index is 0.0842. The van der Waals surface area contributed by atoms with Crippen molar-refractivity contribution in [2.24, 2.45) is 0 Å². The lowest BCUT2D eigenvalue weighted by atomic mass is 10.1. The predicted octanol–water partition coefficient (Wildman–Crippen LogP) is 5.32. The van der Waals surface area contributed by atoms with Gasteiger partial charge in [0.1, 0.15) is 27.9 Å². The van der Waals surface area contributed by atoms with Crippen molar-refractivity contribution in [1.82, 2.24) is 9.69 Å². The van der Waals surface area contributed by atoms with E-state index in [1.807, 2.05) is 70.2 Å². The molecule has 0 saturated heterocycles. The average molecular weight is 397 g/mol. The van der Waals surface area contributed by atoms with Crippen molar-refractivity contribution >= 4 is 28.1 Å². The largest absolute Gasteiger partial charge is 0.492 e. The van der Waals surface area contributed by atoms with Crippen molar-refractivity contribution in [3.8, 4) is 17.4 Å². The minimum Gasteiger partial charge on any atom is -0.492 e. The molecular weight excluding hydrogens is 372 g/mol. The quantitative estimate of drug-likeness (QED) is 0.334. The Balaban J connectivity index is 1.76. The molecule has 0 bridgehead atoms. The second kappa shape index (κ2) is 8.31. The summed E-state index contributed by atoms with van der Waals surface area (Å²) in [6.07, 6.45) is 0. The van der Waals surface area contributed by atoms with Crippen molar-refractivity contribution in [2.75, 3.05) is 5.32 Å². The van der Waals surface area contributed by atoms with Crippen molar-refractivity contribution < 1.29 is 9.84 Å². The number of aromatic hydroxyl groups is 1. The molecular formula is C21H24N4O2S. The van der Waals surface area contributed by atoms with Gasteiger partial charge in [-0.25, -0.2) is 0 Å². The number of ether oxygens (including phenoxy) is 1. The van der Waals surface area contributed by atoms with Crippen LogP contribution in [0.25, 0.3) is 0 Å². The van der Waals surface area contributed by atoms with Crippen LogP contribution in [-0.4, -0.2) is 21.4 Å². The highest BCUT2D eigenvalue weighted by Gasteiger charge is 2.18. The molecule has 0 radical (unpaired) electrons. The van der Waals surface area contributed by atoms with Crippen molar-refractivity contribution in [3.05, 3.63) is 59.2 Å². The number of para-hydroxylation sites is 1. The third-order valence-electron chi connectivity index (χ3n) is 4.10. The lowest BCUT2D eigenvalue weighted by molar-refractivity contribution is 0.458. The molecule has 0 spiro atoms. The highest BCUT2D eigenvalue weighted by molar-refractivity contribution is 7.11. The number of aromatic nitrogens is 1. The number of aryl methyl sites for hydroxylation is 2. The molecule has 0 amide bonds. The lowest BCUT2D eigenvalue weighted by Gasteiger charge is -2.13. The van der Waals surface area contributed by atoms with Gasteiger partial charge in [-0.05, 0) is 74.6 Å². The summed E-state index contributed by atoms with van der Waals surface area (Å²) in [4.78, 5) is 0. The van der Waals surface area contributed by atoms with Gasteiger partial charge in [-0.15, -0.1) is 0 Å². The highest BCUT2D eigenvalue weighted by atomic mass is 32.1. The van der Waals surface area contributed by atoms with Crippen LogP contribution in [0.4, 0.5) is 10.7 Å². The topological polar surface area (TPSA) is 90.3 Å². The Bertz CT molecular complexity index is 960. The summed E-state index contributed by atoms with van der Waals surface area (Å²) in [5.74, 6) is 1.59. The molecule has 0 aliphatic rings. The fourth-order valence-electron chi connectivity index (χ4n) is 2.77. The van der Waals surface area contributed by atoms with E-state index in [-0.39, 0.29) is 17.8 Å². The first kappa shape index (κ1) is 19.7. The zero-order valence-corrected chi connectivity index (χ0v) is 17.1. The summed E-state index contributed by atoms with van der Waals surface area (Å²) in [6.45, 7) is 7.92. The van der Waals surface area contributed by atoms with Crippen LogP contribution in [-0.2, 0) is 0 Å². The number of benzene rings is 2. The van der Waals surface area contributed by atoms with Gasteiger partial charge in [0.15, 0.2) is 0 Å². The Morgan fingerprint density at radius 1 is 1.11 bits per heavy atom. The third-order valence-corrected chi connectivity index (χ3v) is 4.85. The Morgan fingerprint density at radius 2 is 1.75 bits per heavy atom. The van der Waals surface area contributed by atoms with Crippen LogP contribution >= 0.6 is 11.5 Å². The zero-order chi connectivity index (χ0) is 20.3. The van der Waals surface area contributed by atoms with Gasteiger partial charge in [-0.2, -0.15) is 4.37 Å². The molecule has 146 valence electrons. The molecule has 1 heterocycles. The van der Waals surface area contributed by atoms with E-state index in [2.05, 4.69) is 15.0 Å². The molecule has 28 heavy (non-hydrogen) atoms. The lowest BCUT2D eigenvalue weighted by Crippen LogP contribution is -2.30.